The van der Waals surface area contributed by atoms with Gasteiger partial charge in [-0.05, 0) is 12.3 Å². The molecule has 3 nitrogen and oxygen atoms in total. The minimum absolute atomic E-state index is 0.0346. The number of carbonyl (C=O) groups excluding carboxylic acids is 1. The highest BCUT2D eigenvalue weighted by atomic mass is 16.5. The lowest BCUT2D eigenvalue weighted by atomic mass is 10.1. The highest BCUT2D eigenvalue weighted by molar-refractivity contribution is 5.77. The van der Waals surface area contributed by atoms with Crippen LogP contribution in [0, 0.1) is 17.3 Å². The molecule has 0 aromatic heterocycles. The van der Waals surface area contributed by atoms with Gasteiger partial charge in [0.1, 0.15) is 0 Å². The Balaban J connectivity index is 2.49. The molecule has 0 heterocycles. The first-order valence-corrected chi connectivity index (χ1v) is 4.71. The van der Waals surface area contributed by atoms with Crippen molar-refractivity contribution >= 4 is 5.97 Å². The monoisotopic (exact) mass is 186 g/mol. The van der Waals surface area contributed by atoms with E-state index in [0.29, 0.717) is 19.1 Å². The van der Waals surface area contributed by atoms with Crippen molar-refractivity contribution in [1.82, 2.24) is 0 Å². The first-order valence-electron chi connectivity index (χ1n) is 4.71. The van der Waals surface area contributed by atoms with Crippen molar-refractivity contribution in [1.29, 1.82) is 0 Å². The van der Waals surface area contributed by atoms with Crippen LogP contribution in [0.25, 0.3) is 0 Å². The third-order valence-corrected chi connectivity index (χ3v) is 2.94. The van der Waals surface area contributed by atoms with Crippen LogP contribution in [0.1, 0.15) is 20.8 Å². The molecule has 1 saturated carbocycles. The molecule has 0 radical (unpaired) electrons. The zero-order valence-corrected chi connectivity index (χ0v) is 8.79. The maximum Gasteiger partial charge on any atom is 0.309 e. The molecule has 2 unspecified atom stereocenters. The Labute approximate surface area is 79.4 Å². The summed E-state index contributed by atoms with van der Waals surface area (Å²) in [6, 6.07) is 0. The van der Waals surface area contributed by atoms with E-state index in [-0.39, 0.29) is 17.3 Å². The predicted octanol–water partition coefficient (Wildman–Crippen LogP) is 1.47. The average Bonchev–Trinajstić information content (AvgIpc) is 2.55. The molecule has 0 spiro atoms. The zero-order chi connectivity index (χ0) is 10.1. The van der Waals surface area contributed by atoms with Crippen LogP contribution in [0.2, 0.25) is 0 Å². The van der Waals surface area contributed by atoms with Crippen LogP contribution in [0.4, 0.5) is 0 Å². The summed E-state index contributed by atoms with van der Waals surface area (Å²) in [7, 11) is 1.66. The zero-order valence-electron chi connectivity index (χ0n) is 8.79. The van der Waals surface area contributed by atoms with Crippen molar-refractivity contribution < 1.29 is 14.3 Å². The highest BCUT2D eigenvalue weighted by Gasteiger charge is 2.62. The molecule has 0 N–H and O–H groups in total. The molecule has 76 valence electrons. The number of rotatable bonds is 4. The number of hydrogen-bond acceptors (Lipinski definition) is 3. The molecular weight excluding hydrogens is 168 g/mol. The van der Waals surface area contributed by atoms with Crippen LogP contribution >= 0.6 is 0 Å². The van der Waals surface area contributed by atoms with Crippen LogP contribution in [0.5, 0.6) is 0 Å². The maximum atomic E-state index is 11.4. The molecule has 0 aliphatic heterocycles. The Kier molecular flexibility index (Phi) is 2.96. The SMILES string of the molecule is CCOC(=O)C1C(COC)C1(C)C. The summed E-state index contributed by atoms with van der Waals surface area (Å²) in [5.74, 6) is 0.290. The Morgan fingerprint density at radius 1 is 1.46 bits per heavy atom. The summed E-state index contributed by atoms with van der Waals surface area (Å²) in [5.41, 5.74) is 0.0578. The molecule has 13 heavy (non-hydrogen) atoms. The number of hydrogen-bond donors (Lipinski definition) is 0. The second kappa shape index (κ2) is 3.66. The van der Waals surface area contributed by atoms with Crippen molar-refractivity contribution in [3.63, 3.8) is 0 Å². The molecule has 2 atom stereocenters. The van der Waals surface area contributed by atoms with E-state index >= 15 is 0 Å². The number of methoxy groups -OCH3 is 1. The lowest BCUT2D eigenvalue weighted by molar-refractivity contribution is -0.145. The summed E-state index contributed by atoms with van der Waals surface area (Å²) in [6.45, 7) is 7.11. The van der Waals surface area contributed by atoms with Gasteiger partial charge >= 0.3 is 5.97 Å². The van der Waals surface area contributed by atoms with Gasteiger partial charge in [0.15, 0.2) is 0 Å². The highest BCUT2D eigenvalue weighted by Crippen LogP contribution is 2.58. The first kappa shape index (κ1) is 10.5. The second-order valence-corrected chi connectivity index (χ2v) is 4.11. The lowest BCUT2D eigenvalue weighted by Gasteiger charge is -2.01. The fourth-order valence-electron chi connectivity index (χ4n) is 1.93. The van der Waals surface area contributed by atoms with Crippen molar-refractivity contribution in [2.24, 2.45) is 17.3 Å². The summed E-state index contributed by atoms with van der Waals surface area (Å²) in [6.07, 6.45) is 0. The Hall–Kier alpha value is -0.570. The van der Waals surface area contributed by atoms with Gasteiger partial charge in [0.05, 0.1) is 19.1 Å². The molecule has 1 fully saturated rings. The van der Waals surface area contributed by atoms with Crippen LogP contribution in [0.15, 0.2) is 0 Å². The van der Waals surface area contributed by atoms with E-state index in [1.54, 1.807) is 7.11 Å². The third-order valence-electron chi connectivity index (χ3n) is 2.94. The van der Waals surface area contributed by atoms with E-state index in [0.717, 1.165) is 0 Å². The van der Waals surface area contributed by atoms with E-state index in [1.807, 2.05) is 6.92 Å². The van der Waals surface area contributed by atoms with Gasteiger partial charge in [0.25, 0.3) is 0 Å². The summed E-state index contributed by atoms with van der Waals surface area (Å²) < 4.78 is 10.0. The van der Waals surface area contributed by atoms with Crippen LogP contribution in [-0.2, 0) is 14.3 Å². The Morgan fingerprint density at radius 3 is 2.54 bits per heavy atom. The number of esters is 1. The average molecular weight is 186 g/mol. The molecule has 0 amide bonds. The number of carbonyl (C=O) groups is 1. The predicted molar refractivity (Wildman–Crippen MR) is 49.3 cm³/mol. The minimum Gasteiger partial charge on any atom is -0.466 e. The number of ether oxygens (including phenoxy) is 2. The molecule has 3 heteroatoms. The van der Waals surface area contributed by atoms with Gasteiger partial charge in [-0.15, -0.1) is 0 Å². The largest absolute Gasteiger partial charge is 0.466 e. The Morgan fingerprint density at radius 2 is 2.08 bits per heavy atom. The quantitative estimate of drug-likeness (QED) is 0.624. The molecular formula is C10H18O3. The smallest absolute Gasteiger partial charge is 0.309 e. The van der Waals surface area contributed by atoms with Gasteiger partial charge in [-0.3, -0.25) is 4.79 Å². The lowest BCUT2D eigenvalue weighted by Crippen LogP contribution is -2.10. The van der Waals surface area contributed by atoms with Crippen molar-refractivity contribution in [2.45, 2.75) is 20.8 Å². The van der Waals surface area contributed by atoms with E-state index in [4.69, 9.17) is 9.47 Å². The third kappa shape index (κ3) is 1.85. The first-order chi connectivity index (χ1) is 6.05. The van der Waals surface area contributed by atoms with Gasteiger partial charge in [-0.25, -0.2) is 0 Å². The van der Waals surface area contributed by atoms with Crippen molar-refractivity contribution in [2.75, 3.05) is 20.3 Å². The summed E-state index contributed by atoms with van der Waals surface area (Å²) >= 11 is 0. The minimum atomic E-state index is -0.0745. The molecule has 1 aliphatic rings. The van der Waals surface area contributed by atoms with Gasteiger partial charge in [-0.1, -0.05) is 13.8 Å². The van der Waals surface area contributed by atoms with Crippen LogP contribution in [-0.4, -0.2) is 26.3 Å². The standard InChI is InChI=1S/C10H18O3/c1-5-13-9(11)8-7(6-12-4)10(8,2)3/h7-8H,5-6H2,1-4H3. The van der Waals surface area contributed by atoms with E-state index in [9.17, 15) is 4.79 Å². The van der Waals surface area contributed by atoms with Gasteiger partial charge in [-0.2, -0.15) is 0 Å². The molecule has 0 saturated heterocycles. The Bertz CT molecular complexity index is 198. The topological polar surface area (TPSA) is 35.5 Å². The van der Waals surface area contributed by atoms with E-state index < -0.39 is 0 Å². The molecule has 0 aromatic rings. The second-order valence-electron chi connectivity index (χ2n) is 4.11. The molecule has 1 aliphatic carbocycles. The van der Waals surface area contributed by atoms with Crippen molar-refractivity contribution in [3.05, 3.63) is 0 Å². The molecule has 0 aromatic carbocycles. The molecule has 0 bridgehead atoms. The fraction of sp³-hybridized carbons (Fsp3) is 0.900. The maximum absolute atomic E-state index is 11.4. The van der Waals surface area contributed by atoms with Crippen molar-refractivity contribution in [3.8, 4) is 0 Å². The van der Waals surface area contributed by atoms with Crippen LogP contribution in [0.3, 0.4) is 0 Å². The summed E-state index contributed by atoms with van der Waals surface area (Å²) in [4.78, 5) is 11.4. The van der Waals surface area contributed by atoms with Gasteiger partial charge in [0.2, 0.25) is 0 Å². The fourth-order valence-corrected chi connectivity index (χ4v) is 1.93. The van der Waals surface area contributed by atoms with Gasteiger partial charge < -0.3 is 9.47 Å². The van der Waals surface area contributed by atoms with Crippen LogP contribution < -0.4 is 0 Å². The normalized spacial score (nSPS) is 29.8. The molecule has 1 rings (SSSR count). The summed E-state index contributed by atoms with van der Waals surface area (Å²) in [5, 5.41) is 0. The van der Waals surface area contributed by atoms with E-state index in [1.165, 1.54) is 0 Å². The van der Waals surface area contributed by atoms with E-state index in [2.05, 4.69) is 13.8 Å². The van der Waals surface area contributed by atoms with Gasteiger partial charge in [0, 0.05) is 13.0 Å².